The second-order valence-corrected chi connectivity index (χ2v) is 3.15. The zero-order valence-corrected chi connectivity index (χ0v) is 8.11. The lowest BCUT2D eigenvalue weighted by Crippen LogP contribution is -1.90. The second kappa shape index (κ2) is 4.19. The minimum Gasteiger partial charge on any atom is -0.342 e. The summed E-state index contributed by atoms with van der Waals surface area (Å²) in [5.74, 6) is 1.13. The Morgan fingerprint density at radius 1 is 1.36 bits per heavy atom. The normalized spacial score (nSPS) is 10.4. The van der Waals surface area contributed by atoms with E-state index in [1.165, 1.54) is 6.39 Å². The summed E-state index contributed by atoms with van der Waals surface area (Å²) in [7, 11) is 0. The van der Waals surface area contributed by atoms with E-state index in [0.717, 1.165) is 17.5 Å². The Hall–Kier alpha value is -1.42. The Kier molecular flexibility index (Phi) is 2.74. The largest absolute Gasteiger partial charge is 0.342 e. The van der Waals surface area contributed by atoms with E-state index in [4.69, 9.17) is 11.6 Å². The Labute approximate surface area is 85.9 Å². The fourth-order valence-corrected chi connectivity index (χ4v) is 1.37. The standard InChI is InChI=1S/C9H8ClN3O/c10-2-1-7-3-8(5-11-4-7)9-12-6-14-13-9/h3-6H,1-2H2. The molecule has 0 radical (unpaired) electrons. The second-order valence-electron chi connectivity index (χ2n) is 2.78. The molecule has 0 aliphatic carbocycles. The van der Waals surface area contributed by atoms with Crippen molar-refractivity contribution in [1.29, 1.82) is 0 Å². The van der Waals surface area contributed by atoms with Crippen LogP contribution in [0.2, 0.25) is 0 Å². The summed E-state index contributed by atoms with van der Waals surface area (Å²) in [6.07, 6.45) is 5.57. The molecule has 0 aliphatic heterocycles. The van der Waals surface area contributed by atoms with Crippen LogP contribution in [0.25, 0.3) is 11.4 Å². The van der Waals surface area contributed by atoms with Gasteiger partial charge < -0.3 is 4.52 Å². The summed E-state index contributed by atoms with van der Waals surface area (Å²) in [5, 5.41) is 3.73. The van der Waals surface area contributed by atoms with Crippen molar-refractivity contribution in [3.63, 3.8) is 0 Å². The molecule has 0 amide bonds. The van der Waals surface area contributed by atoms with Crippen LogP contribution in [0.3, 0.4) is 0 Å². The van der Waals surface area contributed by atoms with Gasteiger partial charge in [-0.15, -0.1) is 11.6 Å². The number of aromatic nitrogens is 3. The predicted octanol–water partition coefficient (Wildman–Crippen LogP) is 1.91. The van der Waals surface area contributed by atoms with Gasteiger partial charge in [0.25, 0.3) is 0 Å². The summed E-state index contributed by atoms with van der Waals surface area (Å²) in [6.45, 7) is 0. The van der Waals surface area contributed by atoms with Crippen molar-refractivity contribution in [1.82, 2.24) is 15.1 Å². The summed E-state index contributed by atoms with van der Waals surface area (Å²) in [6, 6.07) is 1.96. The van der Waals surface area contributed by atoms with Crippen LogP contribution in [0, 0.1) is 0 Å². The highest BCUT2D eigenvalue weighted by molar-refractivity contribution is 6.17. The van der Waals surface area contributed by atoms with Crippen molar-refractivity contribution < 1.29 is 4.52 Å². The first-order chi connectivity index (χ1) is 6.90. The van der Waals surface area contributed by atoms with Crippen molar-refractivity contribution in [2.45, 2.75) is 6.42 Å². The predicted molar refractivity (Wildman–Crippen MR) is 52.0 cm³/mol. The van der Waals surface area contributed by atoms with Gasteiger partial charge in [0.05, 0.1) is 0 Å². The van der Waals surface area contributed by atoms with E-state index >= 15 is 0 Å². The molecule has 72 valence electrons. The fraction of sp³-hybridized carbons (Fsp3) is 0.222. The monoisotopic (exact) mass is 209 g/mol. The van der Waals surface area contributed by atoms with Gasteiger partial charge in [-0.2, -0.15) is 4.98 Å². The molecule has 0 spiro atoms. The van der Waals surface area contributed by atoms with Crippen LogP contribution in [0.1, 0.15) is 5.56 Å². The van der Waals surface area contributed by atoms with E-state index in [0.29, 0.717) is 11.7 Å². The third-order valence-electron chi connectivity index (χ3n) is 1.80. The topological polar surface area (TPSA) is 51.8 Å². The van der Waals surface area contributed by atoms with Gasteiger partial charge in [0.2, 0.25) is 12.2 Å². The molecular formula is C9H8ClN3O. The molecule has 2 aromatic heterocycles. The maximum atomic E-state index is 5.64. The SMILES string of the molecule is ClCCc1cncc(-c2ncon2)c1. The van der Waals surface area contributed by atoms with Crippen LogP contribution in [0.15, 0.2) is 29.4 Å². The quantitative estimate of drug-likeness (QED) is 0.725. The summed E-state index contributed by atoms with van der Waals surface area (Å²) >= 11 is 5.64. The molecule has 0 bridgehead atoms. The molecule has 14 heavy (non-hydrogen) atoms. The van der Waals surface area contributed by atoms with Crippen LogP contribution in [-0.2, 0) is 6.42 Å². The van der Waals surface area contributed by atoms with Gasteiger partial charge in [0.15, 0.2) is 0 Å². The zero-order valence-electron chi connectivity index (χ0n) is 7.35. The van der Waals surface area contributed by atoms with Crippen molar-refractivity contribution in [2.75, 3.05) is 5.88 Å². The van der Waals surface area contributed by atoms with E-state index in [-0.39, 0.29) is 0 Å². The van der Waals surface area contributed by atoms with Crippen LogP contribution < -0.4 is 0 Å². The molecule has 0 saturated carbocycles. The van der Waals surface area contributed by atoms with Crippen molar-refractivity contribution >= 4 is 11.6 Å². The van der Waals surface area contributed by atoms with Crippen molar-refractivity contribution in [3.8, 4) is 11.4 Å². The lowest BCUT2D eigenvalue weighted by atomic mass is 10.1. The summed E-state index contributed by atoms with van der Waals surface area (Å²) < 4.78 is 4.65. The van der Waals surface area contributed by atoms with Crippen LogP contribution in [-0.4, -0.2) is 21.0 Å². The molecule has 5 heteroatoms. The number of aryl methyl sites for hydroxylation is 1. The third-order valence-corrected chi connectivity index (χ3v) is 1.99. The first-order valence-electron chi connectivity index (χ1n) is 4.17. The number of pyridine rings is 1. The number of hydrogen-bond donors (Lipinski definition) is 0. The molecule has 0 saturated heterocycles. The van der Waals surface area contributed by atoms with E-state index in [9.17, 15) is 0 Å². The van der Waals surface area contributed by atoms with Crippen LogP contribution in [0.5, 0.6) is 0 Å². The van der Waals surface area contributed by atoms with Crippen LogP contribution in [0.4, 0.5) is 0 Å². The Morgan fingerprint density at radius 2 is 2.29 bits per heavy atom. The van der Waals surface area contributed by atoms with Gasteiger partial charge in [0.1, 0.15) is 0 Å². The minimum absolute atomic E-state index is 0.550. The van der Waals surface area contributed by atoms with Gasteiger partial charge in [-0.25, -0.2) is 0 Å². The highest BCUT2D eigenvalue weighted by Crippen LogP contribution is 2.14. The smallest absolute Gasteiger partial charge is 0.214 e. The van der Waals surface area contributed by atoms with Crippen molar-refractivity contribution in [2.24, 2.45) is 0 Å². The lowest BCUT2D eigenvalue weighted by Gasteiger charge is -1.98. The van der Waals surface area contributed by atoms with Crippen molar-refractivity contribution in [3.05, 3.63) is 30.4 Å². The van der Waals surface area contributed by atoms with E-state index in [2.05, 4.69) is 19.6 Å². The highest BCUT2D eigenvalue weighted by Gasteiger charge is 2.03. The van der Waals surface area contributed by atoms with E-state index in [1.807, 2.05) is 6.07 Å². The third kappa shape index (κ3) is 1.90. The van der Waals surface area contributed by atoms with Crippen LogP contribution >= 0.6 is 11.6 Å². The molecule has 0 aliphatic rings. The van der Waals surface area contributed by atoms with Gasteiger partial charge in [0, 0.05) is 23.8 Å². The molecule has 0 N–H and O–H groups in total. The van der Waals surface area contributed by atoms with E-state index in [1.54, 1.807) is 12.4 Å². The Morgan fingerprint density at radius 3 is 3.00 bits per heavy atom. The Bertz CT molecular complexity index is 402. The maximum Gasteiger partial charge on any atom is 0.214 e. The van der Waals surface area contributed by atoms with Gasteiger partial charge >= 0.3 is 0 Å². The van der Waals surface area contributed by atoms with E-state index < -0.39 is 0 Å². The molecule has 2 rings (SSSR count). The molecular weight excluding hydrogens is 202 g/mol. The van der Waals surface area contributed by atoms with Gasteiger partial charge in [-0.05, 0) is 18.1 Å². The molecule has 0 aromatic carbocycles. The number of rotatable bonds is 3. The van der Waals surface area contributed by atoms with Gasteiger partial charge in [-0.1, -0.05) is 5.16 Å². The number of hydrogen-bond acceptors (Lipinski definition) is 4. The lowest BCUT2D eigenvalue weighted by molar-refractivity contribution is 0.418. The maximum absolute atomic E-state index is 5.64. The molecule has 2 aromatic rings. The summed E-state index contributed by atoms with van der Waals surface area (Å²) in [4.78, 5) is 8.02. The first-order valence-corrected chi connectivity index (χ1v) is 4.70. The number of alkyl halides is 1. The fourth-order valence-electron chi connectivity index (χ4n) is 1.15. The molecule has 0 unspecified atom stereocenters. The molecule has 0 fully saturated rings. The first kappa shape index (κ1) is 9.15. The Balaban J connectivity index is 2.31. The summed E-state index contributed by atoms with van der Waals surface area (Å²) in [5.41, 5.74) is 1.92. The average molecular weight is 210 g/mol. The molecule has 0 atom stereocenters. The number of halogens is 1. The average Bonchev–Trinajstić information content (AvgIpc) is 2.71. The minimum atomic E-state index is 0.550. The van der Waals surface area contributed by atoms with Gasteiger partial charge in [-0.3, -0.25) is 4.98 Å². The zero-order chi connectivity index (χ0) is 9.80. The highest BCUT2D eigenvalue weighted by atomic mass is 35.5. The molecule has 2 heterocycles. The molecule has 4 nitrogen and oxygen atoms in total. The number of nitrogens with zero attached hydrogens (tertiary/aromatic N) is 3.